The number of benzene rings is 1. The number of nitrogens with two attached hydrogens (primary N) is 1. The van der Waals surface area contributed by atoms with Crippen LogP contribution in [0.3, 0.4) is 0 Å². The fourth-order valence-electron chi connectivity index (χ4n) is 2.51. The summed E-state index contributed by atoms with van der Waals surface area (Å²) in [5.41, 5.74) is 6.13. The van der Waals surface area contributed by atoms with E-state index in [0.717, 1.165) is 6.42 Å². The number of hydrogen-bond acceptors (Lipinski definition) is 3. The van der Waals surface area contributed by atoms with Gasteiger partial charge in [-0.2, -0.15) is 0 Å². The fraction of sp³-hybridized carbons (Fsp3) is 0.500. The van der Waals surface area contributed by atoms with Gasteiger partial charge in [0.2, 0.25) is 0 Å². The Hall–Kier alpha value is -1.17. The zero-order valence-corrected chi connectivity index (χ0v) is 12.1. The van der Waals surface area contributed by atoms with E-state index in [0.29, 0.717) is 25.1 Å². The molecule has 4 nitrogen and oxygen atoms in total. The first-order valence-electron chi connectivity index (χ1n) is 6.55. The molecule has 110 valence electrons. The monoisotopic (exact) mass is 300 g/mol. The molecular weight excluding hydrogens is 283 g/mol. The number of likely N-dealkylation sites (tertiary alicyclic amines) is 1. The lowest BCUT2D eigenvalue weighted by Crippen LogP contribution is -2.51. The Labute approximate surface area is 122 Å². The van der Waals surface area contributed by atoms with Crippen molar-refractivity contribution in [2.24, 2.45) is 5.73 Å². The van der Waals surface area contributed by atoms with Gasteiger partial charge in [-0.05, 0) is 31.0 Å². The van der Waals surface area contributed by atoms with E-state index in [1.807, 2.05) is 0 Å². The van der Waals surface area contributed by atoms with Gasteiger partial charge in [-0.15, -0.1) is 0 Å². The van der Waals surface area contributed by atoms with Crippen LogP contribution in [0.4, 0.5) is 4.39 Å². The summed E-state index contributed by atoms with van der Waals surface area (Å²) >= 11 is 5.72. The van der Waals surface area contributed by atoms with Crippen molar-refractivity contribution in [1.29, 1.82) is 0 Å². The van der Waals surface area contributed by atoms with Crippen molar-refractivity contribution < 1.29 is 13.9 Å². The summed E-state index contributed by atoms with van der Waals surface area (Å²) in [6, 6.07) is 3.94. The van der Waals surface area contributed by atoms with Crippen molar-refractivity contribution in [3.8, 4) is 0 Å². The topological polar surface area (TPSA) is 55.6 Å². The molecule has 6 heteroatoms. The smallest absolute Gasteiger partial charge is 0.254 e. The highest BCUT2D eigenvalue weighted by molar-refractivity contribution is 6.31. The molecule has 0 saturated carbocycles. The van der Waals surface area contributed by atoms with E-state index in [1.54, 1.807) is 12.0 Å². The van der Waals surface area contributed by atoms with Crippen LogP contribution in [0.2, 0.25) is 5.02 Å². The van der Waals surface area contributed by atoms with Crippen LogP contribution in [0.15, 0.2) is 18.2 Å². The van der Waals surface area contributed by atoms with Crippen molar-refractivity contribution in [2.45, 2.75) is 25.0 Å². The van der Waals surface area contributed by atoms with Crippen molar-refractivity contribution in [3.63, 3.8) is 0 Å². The zero-order valence-electron chi connectivity index (χ0n) is 11.3. The second kappa shape index (κ2) is 6.52. The maximum atomic E-state index is 13.2. The van der Waals surface area contributed by atoms with Gasteiger partial charge in [0, 0.05) is 31.8 Å². The lowest BCUT2D eigenvalue weighted by atomic mass is 9.98. The molecule has 1 saturated heterocycles. The summed E-state index contributed by atoms with van der Waals surface area (Å²) < 4.78 is 18.5. The normalized spacial score (nSPS) is 22.9. The maximum Gasteiger partial charge on any atom is 0.254 e. The molecule has 1 aromatic rings. The number of amides is 1. The first-order valence-corrected chi connectivity index (χ1v) is 6.93. The van der Waals surface area contributed by atoms with Gasteiger partial charge in [-0.25, -0.2) is 4.39 Å². The average Bonchev–Trinajstić information content (AvgIpc) is 2.48. The number of hydrogen-bond donors (Lipinski definition) is 1. The molecule has 1 aliphatic rings. The van der Waals surface area contributed by atoms with Gasteiger partial charge in [-0.1, -0.05) is 11.6 Å². The first kappa shape index (κ1) is 15.2. The Balaban J connectivity index is 2.17. The number of rotatable bonds is 3. The molecule has 1 aromatic carbocycles. The van der Waals surface area contributed by atoms with E-state index in [9.17, 15) is 9.18 Å². The minimum atomic E-state index is -0.531. The fourth-order valence-corrected chi connectivity index (χ4v) is 2.69. The Kier molecular flexibility index (Phi) is 4.96. The van der Waals surface area contributed by atoms with Crippen LogP contribution in [0, 0.1) is 5.82 Å². The zero-order chi connectivity index (χ0) is 14.7. The molecule has 2 atom stereocenters. The van der Waals surface area contributed by atoms with E-state index < -0.39 is 5.82 Å². The highest BCUT2D eigenvalue weighted by Gasteiger charge is 2.31. The molecular formula is C14H18ClFN2O2. The third-order valence-electron chi connectivity index (χ3n) is 3.70. The summed E-state index contributed by atoms with van der Waals surface area (Å²) in [6.45, 7) is 0.953. The van der Waals surface area contributed by atoms with Crippen LogP contribution < -0.4 is 5.73 Å². The molecule has 0 bridgehead atoms. The summed E-state index contributed by atoms with van der Waals surface area (Å²) in [4.78, 5) is 14.2. The molecule has 1 heterocycles. The Morgan fingerprint density at radius 2 is 2.35 bits per heavy atom. The van der Waals surface area contributed by atoms with Crippen LogP contribution in [-0.2, 0) is 4.74 Å². The molecule has 0 radical (unpaired) electrons. The molecule has 2 rings (SSSR count). The van der Waals surface area contributed by atoms with Gasteiger partial charge in [-0.3, -0.25) is 4.79 Å². The molecule has 1 amide bonds. The van der Waals surface area contributed by atoms with Crippen molar-refractivity contribution >= 4 is 17.5 Å². The van der Waals surface area contributed by atoms with Gasteiger partial charge in [0.1, 0.15) is 5.82 Å². The van der Waals surface area contributed by atoms with E-state index >= 15 is 0 Å². The Bertz CT molecular complexity index is 498. The van der Waals surface area contributed by atoms with Crippen LogP contribution in [0.1, 0.15) is 23.2 Å². The van der Waals surface area contributed by atoms with Crippen LogP contribution in [0.5, 0.6) is 0 Å². The number of methoxy groups -OCH3 is 1. The van der Waals surface area contributed by atoms with Crippen LogP contribution in [-0.4, -0.2) is 43.2 Å². The summed E-state index contributed by atoms with van der Waals surface area (Å²) in [7, 11) is 1.66. The van der Waals surface area contributed by atoms with E-state index in [-0.39, 0.29) is 23.1 Å². The van der Waals surface area contributed by atoms with Crippen LogP contribution in [0.25, 0.3) is 0 Å². The maximum absolute atomic E-state index is 13.2. The van der Waals surface area contributed by atoms with Crippen molar-refractivity contribution in [2.75, 3.05) is 20.2 Å². The lowest BCUT2D eigenvalue weighted by Gasteiger charge is -2.38. The number of nitrogens with zero attached hydrogens (tertiary/aromatic N) is 1. The third kappa shape index (κ3) is 3.11. The molecule has 1 aliphatic heterocycles. The highest BCUT2D eigenvalue weighted by Crippen LogP contribution is 2.23. The minimum absolute atomic E-state index is 0.0491. The largest absolute Gasteiger partial charge is 0.381 e. The number of halogens is 2. The predicted molar refractivity (Wildman–Crippen MR) is 75.3 cm³/mol. The second-order valence-corrected chi connectivity index (χ2v) is 5.31. The Morgan fingerprint density at radius 3 is 2.95 bits per heavy atom. The molecule has 0 spiro atoms. The van der Waals surface area contributed by atoms with Gasteiger partial charge in [0.15, 0.2) is 0 Å². The predicted octanol–water partition coefficient (Wildman–Crippen LogP) is 2.06. The Morgan fingerprint density at radius 1 is 1.60 bits per heavy atom. The number of piperidine rings is 1. The lowest BCUT2D eigenvalue weighted by molar-refractivity contribution is 0.0139. The number of ether oxygens (including phenoxy) is 1. The summed E-state index contributed by atoms with van der Waals surface area (Å²) in [5, 5.41) is -0.0491. The van der Waals surface area contributed by atoms with Gasteiger partial charge < -0.3 is 15.4 Å². The second-order valence-electron chi connectivity index (χ2n) is 4.90. The highest BCUT2D eigenvalue weighted by atomic mass is 35.5. The molecule has 2 N–H and O–H groups in total. The summed E-state index contributed by atoms with van der Waals surface area (Å²) in [6.07, 6.45) is 1.62. The number of carbonyl (C=O) groups is 1. The average molecular weight is 301 g/mol. The first-order chi connectivity index (χ1) is 9.56. The number of carbonyl (C=O) groups excluding carboxylic acids is 1. The van der Waals surface area contributed by atoms with E-state index in [4.69, 9.17) is 22.1 Å². The molecule has 0 aliphatic carbocycles. The van der Waals surface area contributed by atoms with E-state index in [2.05, 4.69) is 0 Å². The molecule has 20 heavy (non-hydrogen) atoms. The molecule has 2 unspecified atom stereocenters. The van der Waals surface area contributed by atoms with Crippen molar-refractivity contribution in [1.82, 2.24) is 4.90 Å². The SMILES string of the molecule is COC1CCN(C(=O)c2ccc(F)c(Cl)c2)C(CN)C1. The van der Waals surface area contributed by atoms with Gasteiger partial charge >= 0.3 is 0 Å². The van der Waals surface area contributed by atoms with Crippen molar-refractivity contribution in [3.05, 3.63) is 34.6 Å². The standard InChI is InChI=1S/C14H18ClFN2O2/c1-20-11-4-5-18(10(7-11)8-17)14(19)9-2-3-13(16)12(15)6-9/h2-3,6,10-11H,4-5,7-8,17H2,1H3. The third-order valence-corrected chi connectivity index (χ3v) is 3.99. The van der Waals surface area contributed by atoms with Gasteiger partial charge in [0.05, 0.1) is 11.1 Å². The summed E-state index contributed by atoms with van der Waals surface area (Å²) in [5.74, 6) is -0.700. The minimum Gasteiger partial charge on any atom is -0.381 e. The van der Waals surface area contributed by atoms with Crippen LogP contribution >= 0.6 is 11.6 Å². The molecule has 1 fully saturated rings. The van der Waals surface area contributed by atoms with E-state index in [1.165, 1.54) is 18.2 Å². The molecule has 0 aromatic heterocycles. The van der Waals surface area contributed by atoms with Gasteiger partial charge in [0.25, 0.3) is 5.91 Å². The quantitative estimate of drug-likeness (QED) is 0.929.